The van der Waals surface area contributed by atoms with E-state index in [1.165, 1.54) is 0 Å². The number of halogens is 2. The molecule has 0 aliphatic carbocycles. The highest BCUT2D eigenvalue weighted by molar-refractivity contribution is 9.10. The summed E-state index contributed by atoms with van der Waals surface area (Å²) >= 11 is 9.31. The summed E-state index contributed by atoms with van der Waals surface area (Å²) in [5.41, 5.74) is 0.435. The molecule has 0 spiro atoms. The minimum absolute atomic E-state index is 0.206. The molecule has 1 amide bonds. The van der Waals surface area contributed by atoms with Crippen LogP contribution in [0.1, 0.15) is 29.1 Å². The van der Waals surface area contributed by atoms with Crippen molar-refractivity contribution in [2.75, 3.05) is 0 Å². The van der Waals surface area contributed by atoms with Crippen LogP contribution in [0, 0.1) is 0 Å². The maximum absolute atomic E-state index is 12.1. The fourth-order valence-electron chi connectivity index (χ4n) is 1.53. The van der Waals surface area contributed by atoms with Crippen LogP contribution in [0.4, 0.5) is 0 Å². The molecule has 1 atom stereocenters. The van der Waals surface area contributed by atoms with Gasteiger partial charge in [0.15, 0.2) is 0 Å². The van der Waals surface area contributed by atoms with Gasteiger partial charge in [0.25, 0.3) is 5.91 Å². The van der Waals surface area contributed by atoms with Gasteiger partial charge in [-0.2, -0.15) is 0 Å². The van der Waals surface area contributed by atoms with Crippen LogP contribution in [0.5, 0.6) is 0 Å². The van der Waals surface area contributed by atoms with Gasteiger partial charge in [-0.1, -0.05) is 27.5 Å². The zero-order valence-electron chi connectivity index (χ0n) is 9.58. The first-order valence-corrected chi connectivity index (χ1v) is 6.50. The summed E-state index contributed by atoms with van der Waals surface area (Å²) in [5.74, 6) is 0.472. The summed E-state index contributed by atoms with van der Waals surface area (Å²) in [4.78, 5) is 19.1. The van der Waals surface area contributed by atoms with Crippen LogP contribution in [0.25, 0.3) is 0 Å². The first kappa shape index (κ1) is 13.1. The molecule has 0 fully saturated rings. The highest BCUT2D eigenvalue weighted by Crippen LogP contribution is 2.21. The quantitative estimate of drug-likeness (QED) is 0.908. The molecule has 1 aromatic heterocycles. The number of carbonyl (C=O) groups is 1. The number of aromatic nitrogens is 2. The Morgan fingerprint density at radius 1 is 1.56 bits per heavy atom. The van der Waals surface area contributed by atoms with Gasteiger partial charge < -0.3 is 10.3 Å². The van der Waals surface area contributed by atoms with Crippen LogP contribution in [0.3, 0.4) is 0 Å². The molecule has 0 radical (unpaired) electrons. The van der Waals surface area contributed by atoms with Crippen LogP contribution >= 0.6 is 27.5 Å². The van der Waals surface area contributed by atoms with Crippen LogP contribution in [0.2, 0.25) is 5.02 Å². The van der Waals surface area contributed by atoms with Crippen LogP contribution in [0.15, 0.2) is 35.1 Å². The monoisotopic (exact) mass is 327 g/mol. The summed E-state index contributed by atoms with van der Waals surface area (Å²) in [6.07, 6.45) is 3.36. The van der Waals surface area contributed by atoms with Gasteiger partial charge in [0.05, 0.1) is 16.6 Å². The van der Waals surface area contributed by atoms with E-state index in [-0.39, 0.29) is 11.9 Å². The highest BCUT2D eigenvalue weighted by atomic mass is 79.9. The van der Waals surface area contributed by atoms with E-state index in [1.807, 2.05) is 6.92 Å². The number of imidazole rings is 1. The number of carbonyl (C=O) groups excluding carboxylic acids is 1. The average Bonchev–Trinajstić information content (AvgIpc) is 2.85. The molecule has 0 aliphatic heterocycles. The van der Waals surface area contributed by atoms with E-state index in [4.69, 9.17) is 11.6 Å². The first-order valence-electron chi connectivity index (χ1n) is 5.33. The van der Waals surface area contributed by atoms with Gasteiger partial charge in [-0.3, -0.25) is 4.79 Å². The zero-order chi connectivity index (χ0) is 13.1. The van der Waals surface area contributed by atoms with Crippen molar-refractivity contribution in [3.63, 3.8) is 0 Å². The largest absolute Gasteiger partial charge is 0.347 e. The number of hydrogen-bond acceptors (Lipinski definition) is 2. The Labute approximate surface area is 118 Å². The average molecular weight is 329 g/mol. The molecule has 94 valence electrons. The number of hydrogen-bond donors (Lipinski definition) is 2. The molecule has 2 rings (SSSR count). The Bertz CT molecular complexity index is 556. The first-order chi connectivity index (χ1) is 8.58. The van der Waals surface area contributed by atoms with Crippen molar-refractivity contribution in [1.29, 1.82) is 0 Å². The van der Waals surface area contributed by atoms with E-state index >= 15 is 0 Å². The second kappa shape index (κ2) is 5.54. The molecule has 0 saturated heterocycles. The maximum atomic E-state index is 12.1. The molecule has 6 heteroatoms. The number of rotatable bonds is 3. The standard InChI is InChI=1S/C12H11BrClN3O/c1-7(11-15-4-5-16-11)17-12(18)9-6-8(13)2-3-10(9)14/h2-7H,1H3,(H,15,16)(H,17,18). The van der Waals surface area contributed by atoms with Crippen molar-refractivity contribution in [2.45, 2.75) is 13.0 Å². The van der Waals surface area contributed by atoms with Crippen LogP contribution in [-0.4, -0.2) is 15.9 Å². The Balaban J connectivity index is 2.15. The third-order valence-electron chi connectivity index (χ3n) is 2.45. The third-order valence-corrected chi connectivity index (χ3v) is 3.27. The van der Waals surface area contributed by atoms with Gasteiger partial charge in [-0.15, -0.1) is 0 Å². The summed E-state index contributed by atoms with van der Waals surface area (Å²) in [6, 6.07) is 4.95. The van der Waals surface area contributed by atoms with E-state index in [2.05, 4.69) is 31.2 Å². The third kappa shape index (κ3) is 2.91. The van der Waals surface area contributed by atoms with Crippen molar-refractivity contribution in [3.05, 3.63) is 51.5 Å². The van der Waals surface area contributed by atoms with Gasteiger partial charge in [-0.25, -0.2) is 4.98 Å². The Hall–Kier alpha value is -1.33. The number of aromatic amines is 1. The predicted octanol–water partition coefficient (Wildman–Crippen LogP) is 3.32. The Kier molecular flexibility index (Phi) is 4.04. The Morgan fingerprint density at radius 2 is 2.33 bits per heavy atom. The zero-order valence-corrected chi connectivity index (χ0v) is 11.9. The van der Waals surface area contributed by atoms with E-state index in [1.54, 1.807) is 30.6 Å². The van der Waals surface area contributed by atoms with Gasteiger partial charge >= 0.3 is 0 Å². The van der Waals surface area contributed by atoms with Crippen molar-refractivity contribution in [2.24, 2.45) is 0 Å². The van der Waals surface area contributed by atoms with Crippen LogP contribution < -0.4 is 5.32 Å². The van der Waals surface area contributed by atoms with Crippen LogP contribution in [-0.2, 0) is 0 Å². The summed E-state index contributed by atoms with van der Waals surface area (Å²) < 4.78 is 0.808. The molecule has 2 aromatic rings. The predicted molar refractivity (Wildman–Crippen MR) is 73.6 cm³/mol. The molecule has 2 N–H and O–H groups in total. The number of benzene rings is 1. The molecule has 0 bridgehead atoms. The molecule has 4 nitrogen and oxygen atoms in total. The summed E-state index contributed by atoms with van der Waals surface area (Å²) in [6.45, 7) is 1.85. The molecule has 1 heterocycles. The lowest BCUT2D eigenvalue weighted by Gasteiger charge is -2.12. The lowest BCUT2D eigenvalue weighted by Crippen LogP contribution is -2.27. The highest BCUT2D eigenvalue weighted by Gasteiger charge is 2.15. The smallest absolute Gasteiger partial charge is 0.253 e. The second-order valence-corrected chi connectivity index (χ2v) is 5.12. The number of nitrogens with zero attached hydrogens (tertiary/aromatic N) is 1. The lowest BCUT2D eigenvalue weighted by molar-refractivity contribution is 0.0938. The fraction of sp³-hybridized carbons (Fsp3) is 0.167. The van der Waals surface area contributed by atoms with Crippen molar-refractivity contribution in [1.82, 2.24) is 15.3 Å². The van der Waals surface area contributed by atoms with E-state index < -0.39 is 0 Å². The van der Waals surface area contributed by atoms with Crippen molar-refractivity contribution >= 4 is 33.4 Å². The molecule has 1 unspecified atom stereocenters. The normalized spacial score (nSPS) is 12.2. The van der Waals surface area contributed by atoms with Gasteiger partial charge in [0, 0.05) is 16.9 Å². The van der Waals surface area contributed by atoms with Gasteiger partial charge in [0.2, 0.25) is 0 Å². The molecule has 1 aromatic carbocycles. The van der Waals surface area contributed by atoms with E-state index in [9.17, 15) is 4.79 Å². The van der Waals surface area contributed by atoms with Crippen molar-refractivity contribution in [3.8, 4) is 0 Å². The van der Waals surface area contributed by atoms with Gasteiger partial charge in [0.1, 0.15) is 5.82 Å². The topological polar surface area (TPSA) is 57.8 Å². The minimum Gasteiger partial charge on any atom is -0.347 e. The number of nitrogens with one attached hydrogen (secondary N) is 2. The molecular weight excluding hydrogens is 318 g/mol. The lowest BCUT2D eigenvalue weighted by atomic mass is 10.2. The van der Waals surface area contributed by atoms with Crippen molar-refractivity contribution < 1.29 is 4.79 Å². The molecule has 18 heavy (non-hydrogen) atoms. The fourth-order valence-corrected chi connectivity index (χ4v) is 2.09. The second-order valence-electron chi connectivity index (χ2n) is 3.79. The van der Waals surface area contributed by atoms with E-state index in [0.29, 0.717) is 16.4 Å². The summed E-state index contributed by atoms with van der Waals surface area (Å²) in [5, 5.41) is 3.25. The molecule has 0 aliphatic rings. The van der Waals surface area contributed by atoms with Gasteiger partial charge in [-0.05, 0) is 25.1 Å². The SMILES string of the molecule is CC(NC(=O)c1cc(Br)ccc1Cl)c1ncc[nH]1. The Morgan fingerprint density at radius 3 is 3.00 bits per heavy atom. The maximum Gasteiger partial charge on any atom is 0.253 e. The minimum atomic E-state index is -0.231. The number of H-pyrrole nitrogens is 1. The molecular formula is C12H11BrClN3O. The number of amides is 1. The summed E-state index contributed by atoms with van der Waals surface area (Å²) in [7, 11) is 0. The molecule has 0 saturated carbocycles. The van der Waals surface area contributed by atoms with E-state index in [0.717, 1.165) is 4.47 Å².